The Morgan fingerprint density at radius 1 is 1.27 bits per heavy atom. The number of hydrogen-bond donors (Lipinski definition) is 1. The lowest BCUT2D eigenvalue weighted by Crippen LogP contribution is -2.14. The number of fused-ring (bicyclic) bond motifs is 2. The van der Waals surface area contributed by atoms with Gasteiger partial charge in [0.1, 0.15) is 11.6 Å². The maximum absolute atomic E-state index is 14.0. The van der Waals surface area contributed by atoms with Crippen LogP contribution >= 0.6 is 23.2 Å². The molecule has 0 fully saturated rings. The van der Waals surface area contributed by atoms with Gasteiger partial charge in [0, 0.05) is 16.1 Å². The zero-order valence-corrected chi connectivity index (χ0v) is 14.6. The van der Waals surface area contributed by atoms with E-state index < -0.39 is 5.82 Å². The van der Waals surface area contributed by atoms with Gasteiger partial charge in [0.25, 0.3) is 0 Å². The molecule has 134 valence electrons. The average molecular weight is 397 g/mol. The Morgan fingerprint density at radius 3 is 2.85 bits per heavy atom. The number of nitroso groups, excluding NO2 is 1. The Labute approximate surface area is 156 Å². The summed E-state index contributed by atoms with van der Waals surface area (Å²) >= 11 is 12.2. The number of halogens is 3. The van der Waals surface area contributed by atoms with Gasteiger partial charge in [-0.1, -0.05) is 23.2 Å². The fraction of sp³-hybridized carbons (Fsp3) is 0.176. The molecule has 1 aromatic heterocycles. The summed E-state index contributed by atoms with van der Waals surface area (Å²) in [5.74, 6) is -0.370. The number of nitrogens with zero attached hydrogens (tertiary/aromatic N) is 2. The first kappa shape index (κ1) is 17.1. The van der Waals surface area contributed by atoms with Crippen molar-refractivity contribution in [2.24, 2.45) is 5.18 Å². The number of rotatable bonds is 3. The van der Waals surface area contributed by atoms with Gasteiger partial charge < -0.3 is 19.1 Å². The summed E-state index contributed by atoms with van der Waals surface area (Å²) in [4.78, 5) is 11.2. The number of ether oxygens (including phenoxy) is 2. The molecular formula is C17H11Cl2FN2O4. The highest BCUT2D eigenvalue weighted by atomic mass is 35.5. The molecule has 9 heteroatoms. The zero-order chi connectivity index (χ0) is 18.4. The Kier molecular flexibility index (Phi) is 4.22. The third-order valence-corrected chi connectivity index (χ3v) is 4.72. The molecule has 0 unspecified atom stereocenters. The Bertz CT molecular complexity index is 1050. The van der Waals surface area contributed by atoms with Gasteiger partial charge >= 0.3 is 0 Å². The van der Waals surface area contributed by atoms with Crippen molar-refractivity contribution in [3.8, 4) is 11.6 Å². The fourth-order valence-corrected chi connectivity index (χ4v) is 3.72. The minimum atomic E-state index is -0.464. The van der Waals surface area contributed by atoms with Gasteiger partial charge in [0.05, 0.1) is 29.1 Å². The van der Waals surface area contributed by atoms with Crippen LogP contribution in [0.25, 0.3) is 10.9 Å². The first-order valence-electron chi connectivity index (χ1n) is 7.55. The lowest BCUT2D eigenvalue weighted by Gasteiger charge is -2.21. The number of benzene rings is 2. The topological polar surface area (TPSA) is 73.0 Å². The highest BCUT2D eigenvalue weighted by Gasteiger charge is 2.23. The Hall–Kier alpha value is -2.35. The SMILES string of the molecule is O=Nc1c(O)n(Cc2cc(F)cc3c2OCOC3)c2cc(Cl)cc(Cl)c12. The Morgan fingerprint density at radius 2 is 2.08 bits per heavy atom. The minimum absolute atomic E-state index is 0.0224. The van der Waals surface area contributed by atoms with Gasteiger partial charge in [-0.15, -0.1) is 4.91 Å². The maximum Gasteiger partial charge on any atom is 0.222 e. The molecule has 2 heterocycles. The molecule has 3 aromatic rings. The molecular weight excluding hydrogens is 386 g/mol. The molecule has 0 saturated heterocycles. The average Bonchev–Trinajstić information content (AvgIpc) is 2.86. The lowest BCUT2D eigenvalue weighted by atomic mass is 10.1. The monoisotopic (exact) mass is 396 g/mol. The van der Waals surface area contributed by atoms with Crippen molar-refractivity contribution >= 4 is 39.8 Å². The molecule has 0 bridgehead atoms. The second kappa shape index (κ2) is 6.42. The molecule has 0 saturated carbocycles. The second-order valence-electron chi connectivity index (χ2n) is 5.80. The van der Waals surface area contributed by atoms with Crippen molar-refractivity contribution in [2.45, 2.75) is 13.2 Å². The van der Waals surface area contributed by atoms with Crippen molar-refractivity contribution in [3.05, 3.63) is 56.2 Å². The van der Waals surface area contributed by atoms with Gasteiger partial charge in [0.2, 0.25) is 5.88 Å². The standard InChI is InChI=1S/C17H11Cl2FN2O4/c18-10-3-12(19)14-13(4-10)22(17(23)15(14)21-24)5-8-1-11(20)2-9-6-25-7-26-16(8)9/h1-4,23H,5-7H2. The van der Waals surface area contributed by atoms with Crippen LogP contribution < -0.4 is 4.74 Å². The third-order valence-electron chi connectivity index (χ3n) is 4.20. The van der Waals surface area contributed by atoms with Crippen LogP contribution in [-0.2, 0) is 17.9 Å². The minimum Gasteiger partial charge on any atom is -0.493 e. The summed E-state index contributed by atoms with van der Waals surface area (Å²) in [5, 5.41) is 14.1. The number of aromatic nitrogens is 1. The van der Waals surface area contributed by atoms with E-state index in [2.05, 4.69) is 5.18 Å². The zero-order valence-electron chi connectivity index (χ0n) is 13.1. The van der Waals surface area contributed by atoms with E-state index in [1.54, 1.807) is 6.07 Å². The molecule has 0 radical (unpaired) electrons. The van der Waals surface area contributed by atoms with Crippen molar-refractivity contribution in [3.63, 3.8) is 0 Å². The van der Waals surface area contributed by atoms with E-state index in [1.807, 2.05) is 0 Å². The predicted octanol–water partition coefficient (Wildman–Crippen LogP) is 5.11. The summed E-state index contributed by atoms with van der Waals surface area (Å²) in [6, 6.07) is 5.63. The van der Waals surface area contributed by atoms with Crippen LogP contribution in [0.15, 0.2) is 29.4 Å². The molecule has 0 amide bonds. The van der Waals surface area contributed by atoms with E-state index in [4.69, 9.17) is 32.7 Å². The molecule has 2 aromatic carbocycles. The van der Waals surface area contributed by atoms with Crippen LogP contribution in [-0.4, -0.2) is 16.5 Å². The highest BCUT2D eigenvalue weighted by molar-refractivity contribution is 6.39. The van der Waals surface area contributed by atoms with Crippen molar-refractivity contribution < 1.29 is 19.0 Å². The first-order chi connectivity index (χ1) is 12.5. The summed E-state index contributed by atoms with van der Waals surface area (Å²) in [6.07, 6.45) is 0. The molecule has 0 spiro atoms. The van der Waals surface area contributed by atoms with Gasteiger partial charge in [-0.25, -0.2) is 4.39 Å². The molecule has 26 heavy (non-hydrogen) atoms. The van der Waals surface area contributed by atoms with Gasteiger partial charge in [-0.2, -0.15) is 0 Å². The summed E-state index contributed by atoms with van der Waals surface area (Å²) < 4.78 is 26.0. The van der Waals surface area contributed by atoms with Gasteiger partial charge in [0.15, 0.2) is 12.5 Å². The molecule has 1 N–H and O–H groups in total. The smallest absolute Gasteiger partial charge is 0.222 e. The van der Waals surface area contributed by atoms with E-state index >= 15 is 0 Å². The third kappa shape index (κ3) is 2.68. The lowest BCUT2D eigenvalue weighted by molar-refractivity contribution is -0.0173. The van der Waals surface area contributed by atoms with Crippen LogP contribution in [0, 0.1) is 10.7 Å². The normalized spacial score (nSPS) is 13.5. The Balaban J connectivity index is 1.93. The highest BCUT2D eigenvalue weighted by Crippen LogP contribution is 2.44. The largest absolute Gasteiger partial charge is 0.493 e. The van der Waals surface area contributed by atoms with E-state index in [9.17, 15) is 14.4 Å². The molecule has 1 aliphatic heterocycles. The van der Waals surface area contributed by atoms with Crippen LogP contribution in [0.1, 0.15) is 11.1 Å². The van der Waals surface area contributed by atoms with Crippen LogP contribution in [0.5, 0.6) is 11.6 Å². The number of hydrogen-bond acceptors (Lipinski definition) is 5. The van der Waals surface area contributed by atoms with E-state index in [0.717, 1.165) is 0 Å². The summed E-state index contributed by atoms with van der Waals surface area (Å²) in [5.41, 5.74) is 1.24. The van der Waals surface area contributed by atoms with E-state index in [-0.39, 0.29) is 41.9 Å². The first-order valence-corrected chi connectivity index (χ1v) is 8.30. The molecule has 6 nitrogen and oxygen atoms in total. The molecule has 1 aliphatic rings. The molecule has 0 aliphatic carbocycles. The van der Waals surface area contributed by atoms with Crippen LogP contribution in [0.3, 0.4) is 0 Å². The predicted molar refractivity (Wildman–Crippen MR) is 94.9 cm³/mol. The van der Waals surface area contributed by atoms with Crippen LogP contribution in [0.4, 0.5) is 10.1 Å². The number of aromatic hydroxyl groups is 1. The van der Waals surface area contributed by atoms with Gasteiger partial charge in [-0.3, -0.25) is 0 Å². The molecule has 4 rings (SSSR count). The van der Waals surface area contributed by atoms with Crippen LogP contribution in [0.2, 0.25) is 10.0 Å². The quantitative estimate of drug-likeness (QED) is 0.624. The second-order valence-corrected chi connectivity index (χ2v) is 6.64. The van der Waals surface area contributed by atoms with Crippen molar-refractivity contribution in [2.75, 3.05) is 6.79 Å². The fourth-order valence-electron chi connectivity index (χ4n) is 3.15. The van der Waals surface area contributed by atoms with Gasteiger partial charge in [-0.05, 0) is 29.4 Å². The van der Waals surface area contributed by atoms with E-state index in [1.165, 1.54) is 22.8 Å². The van der Waals surface area contributed by atoms with Crippen molar-refractivity contribution in [1.29, 1.82) is 0 Å². The van der Waals surface area contributed by atoms with E-state index in [0.29, 0.717) is 27.4 Å². The summed E-state index contributed by atoms with van der Waals surface area (Å²) in [7, 11) is 0. The summed E-state index contributed by atoms with van der Waals surface area (Å²) in [6.45, 7) is 0.286. The maximum atomic E-state index is 14.0. The molecule has 0 atom stereocenters. The van der Waals surface area contributed by atoms with Crippen molar-refractivity contribution in [1.82, 2.24) is 4.57 Å².